The zero-order valence-corrected chi connectivity index (χ0v) is 9.14. The number of aromatic nitrogens is 2. The third-order valence-electron chi connectivity index (χ3n) is 2.33. The molecule has 1 aromatic carbocycles. The van der Waals surface area contributed by atoms with Gasteiger partial charge in [0.15, 0.2) is 0 Å². The molecule has 0 atom stereocenters. The Kier molecular flexibility index (Phi) is 2.79. The first-order valence-corrected chi connectivity index (χ1v) is 5.13. The Hall–Kier alpha value is -1.26. The van der Waals surface area contributed by atoms with Crippen LogP contribution in [0.2, 0.25) is 5.02 Å². The van der Waals surface area contributed by atoms with Crippen LogP contribution in [0.25, 0.3) is 11.0 Å². The summed E-state index contributed by atoms with van der Waals surface area (Å²) in [6, 6.07) is 5.45. The molecule has 0 unspecified atom stereocenters. The molecule has 0 saturated heterocycles. The number of rotatable bonds is 3. The molecule has 0 aliphatic carbocycles. The predicted molar refractivity (Wildman–Crippen MR) is 61.5 cm³/mol. The van der Waals surface area contributed by atoms with Gasteiger partial charge < -0.3 is 10.3 Å². The molecule has 0 amide bonds. The number of fused-ring (bicyclic) bond motifs is 1. The Balaban J connectivity index is 2.61. The van der Waals surface area contributed by atoms with Gasteiger partial charge in [0.05, 0.1) is 16.1 Å². The normalized spacial score (nSPS) is 11.1. The molecule has 0 aliphatic heterocycles. The molecule has 2 aromatic rings. The van der Waals surface area contributed by atoms with Gasteiger partial charge in [0.2, 0.25) is 0 Å². The molecule has 2 N–H and O–H groups in total. The third kappa shape index (κ3) is 1.78. The summed E-state index contributed by atoms with van der Waals surface area (Å²) in [6.07, 6.45) is 0. The number of H-pyrrole nitrogens is 1. The van der Waals surface area contributed by atoms with Gasteiger partial charge in [0.1, 0.15) is 0 Å². The van der Waals surface area contributed by atoms with Crippen molar-refractivity contribution < 1.29 is 0 Å². The quantitative estimate of drug-likeness (QED) is 0.825. The molecule has 0 spiro atoms. The number of hydrogen-bond acceptors (Lipinski definition) is 2. The Morgan fingerprint density at radius 2 is 2.33 bits per heavy atom. The number of nitrogens with one attached hydrogen (secondary N) is 2. The lowest BCUT2D eigenvalue weighted by Crippen LogP contribution is -2.23. The van der Waals surface area contributed by atoms with Gasteiger partial charge in [-0.25, -0.2) is 4.79 Å². The molecule has 2 rings (SSSR count). The van der Waals surface area contributed by atoms with Crippen LogP contribution in [0.3, 0.4) is 0 Å². The van der Waals surface area contributed by atoms with E-state index in [2.05, 4.69) is 10.3 Å². The number of nitrogens with zero attached hydrogens (tertiary/aromatic N) is 1. The van der Waals surface area contributed by atoms with Crippen LogP contribution in [0.5, 0.6) is 0 Å². The molecule has 0 fully saturated rings. The van der Waals surface area contributed by atoms with E-state index in [9.17, 15) is 4.79 Å². The Morgan fingerprint density at radius 3 is 3.07 bits per heavy atom. The summed E-state index contributed by atoms with van der Waals surface area (Å²) in [5.74, 6) is 0. The number of likely N-dealkylation sites (N-methyl/N-ethyl adjacent to an activating group) is 1. The monoisotopic (exact) mass is 225 g/mol. The van der Waals surface area contributed by atoms with Crippen molar-refractivity contribution in [2.45, 2.75) is 6.54 Å². The van der Waals surface area contributed by atoms with Crippen molar-refractivity contribution in [2.24, 2.45) is 0 Å². The van der Waals surface area contributed by atoms with Crippen LogP contribution in [0, 0.1) is 0 Å². The number of halogens is 1. The highest BCUT2D eigenvalue weighted by Crippen LogP contribution is 2.20. The van der Waals surface area contributed by atoms with E-state index in [4.69, 9.17) is 11.6 Å². The molecule has 1 heterocycles. The molecule has 5 heteroatoms. The Morgan fingerprint density at radius 1 is 1.53 bits per heavy atom. The molecule has 0 aliphatic rings. The Bertz CT molecular complexity index is 529. The van der Waals surface area contributed by atoms with Gasteiger partial charge in [-0.05, 0) is 19.2 Å². The summed E-state index contributed by atoms with van der Waals surface area (Å²) >= 11 is 6.05. The second-order valence-corrected chi connectivity index (χ2v) is 3.73. The number of imidazole rings is 1. The minimum atomic E-state index is -0.117. The molecule has 80 valence electrons. The summed E-state index contributed by atoms with van der Waals surface area (Å²) in [7, 11) is 1.85. The maximum atomic E-state index is 11.6. The molecule has 0 saturated carbocycles. The van der Waals surface area contributed by atoms with Crippen molar-refractivity contribution >= 4 is 22.6 Å². The zero-order chi connectivity index (χ0) is 10.8. The molecule has 0 radical (unpaired) electrons. The van der Waals surface area contributed by atoms with Gasteiger partial charge >= 0.3 is 5.69 Å². The summed E-state index contributed by atoms with van der Waals surface area (Å²) in [4.78, 5) is 14.4. The highest BCUT2D eigenvalue weighted by atomic mass is 35.5. The van der Waals surface area contributed by atoms with E-state index in [1.807, 2.05) is 19.2 Å². The fraction of sp³-hybridized carbons (Fsp3) is 0.300. The molecular formula is C10H12ClN3O. The van der Waals surface area contributed by atoms with Crippen molar-refractivity contribution in [3.63, 3.8) is 0 Å². The number of hydrogen-bond donors (Lipinski definition) is 2. The van der Waals surface area contributed by atoms with Crippen molar-refractivity contribution in [1.29, 1.82) is 0 Å². The van der Waals surface area contributed by atoms with Crippen LogP contribution in [0.1, 0.15) is 0 Å². The molecular weight excluding hydrogens is 214 g/mol. The van der Waals surface area contributed by atoms with E-state index in [1.54, 1.807) is 10.6 Å². The van der Waals surface area contributed by atoms with Gasteiger partial charge in [-0.3, -0.25) is 4.57 Å². The van der Waals surface area contributed by atoms with Crippen molar-refractivity contribution in [3.05, 3.63) is 33.7 Å². The zero-order valence-electron chi connectivity index (χ0n) is 8.38. The number of benzene rings is 1. The van der Waals surface area contributed by atoms with Crippen LogP contribution >= 0.6 is 11.6 Å². The van der Waals surface area contributed by atoms with Crippen molar-refractivity contribution in [1.82, 2.24) is 14.9 Å². The first-order chi connectivity index (χ1) is 7.24. The van der Waals surface area contributed by atoms with Gasteiger partial charge in [-0.2, -0.15) is 0 Å². The third-order valence-corrected chi connectivity index (χ3v) is 2.63. The molecule has 0 bridgehead atoms. The topological polar surface area (TPSA) is 49.8 Å². The Labute approximate surface area is 91.9 Å². The van der Waals surface area contributed by atoms with E-state index in [-0.39, 0.29) is 5.69 Å². The summed E-state index contributed by atoms with van der Waals surface area (Å²) < 4.78 is 1.65. The highest BCUT2D eigenvalue weighted by molar-refractivity contribution is 6.34. The van der Waals surface area contributed by atoms with Crippen molar-refractivity contribution in [3.8, 4) is 0 Å². The SMILES string of the molecule is CNCCn1c(=O)[nH]c2cccc(Cl)c21. The van der Waals surface area contributed by atoms with E-state index >= 15 is 0 Å². The summed E-state index contributed by atoms with van der Waals surface area (Å²) in [6.45, 7) is 1.34. The van der Waals surface area contributed by atoms with Crippen LogP contribution < -0.4 is 11.0 Å². The second-order valence-electron chi connectivity index (χ2n) is 3.32. The van der Waals surface area contributed by atoms with E-state index < -0.39 is 0 Å². The largest absolute Gasteiger partial charge is 0.326 e. The average molecular weight is 226 g/mol. The van der Waals surface area contributed by atoms with Crippen LogP contribution in [0.4, 0.5) is 0 Å². The van der Waals surface area contributed by atoms with Gasteiger partial charge in [0, 0.05) is 13.1 Å². The first kappa shape index (κ1) is 10.3. The lowest BCUT2D eigenvalue weighted by Gasteiger charge is -2.03. The number of para-hydroxylation sites is 1. The summed E-state index contributed by atoms with van der Waals surface area (Å²) in [5, 5.41) is 3.60. The fourth-order valence-electron chi connectivity index (χ4n) is 1.61. The summed E-state index contributed by atoms with van der Waals surface area (Å²) in [5.41, 5.74) is 1.44. The maximum absolute atomic E-state index is 11.6. The standard InChI is InChI=1S/C10H12ClN3O/c1-12-5-6-14-9-7(11)3-2-4-8(9)13-10(14)15/h2-4,12H,5-6H2,1H3,(H,13,15). The molecule has 4 nitrogen and oxygen atoms in total. The minimum absolute atomic E-state index is 0.117. The minimum Gasteiger partial charge on any atom is -0.318 e. The van der Waals surface area contributed by atoms with Crippen LogP contribution in [0.15, 0.2) is 23.0 Å². The molecule has 15 heavy (non-hydrogen) atoms. The van der Waals surface area contributed by atoms with Crippen LogP contribution in [-0.4, -0.2) is 23.1 Å². The van der Waals surface area contributed by atoms with E-state index in [1.165, 1.54) is 0 Å². The average Bonchev–Trinajstić information content (AvgIpc) is 2.53. The van der Waals surface area contributed by atoms with Gasteiger partial charge in [0.25, 0.3) is 0 Å². The van der Waals surface area contributed by atoms with E-state index in [0.29, 0.717) is 11.6 Å². The molecule has 1 aromatic heterocycles. The highest BCUT2D eigenvalue weighted by Gasteiger charge is 2.08. The lowest BCUT2D eigenvalue weighted by atomic mass is 10.3. The lowest BCUT2D eigenvalue weighted by molar-refractivity contribution is 0.642. The van der Waals surface area contributed by atoms with Gasteiger partial charge in [-0.1, -0.05) is 17.7 Å². The fourth-order valence-corrected chi connectivity index (χ4v) is 1.89. The smallest absolute Gasteiger partial charge is 0.318 e. The van der Waals surface area contributed by atoms with Gasteiger partial charge in [-0.15, -0.1) is 0 Å². The first-order valence-electron chi connectivity index (χ1n) is 4.75. The second kappa shape index (κ2) is 4.08. The predicted octanol–water partition coefficient (Wildman–Crippen LogP) is 1.20. The van der Waals surface area contributed by atoms with Crippen LogP contribution in [-0.2, 0) is 6.54 Å². The van der Waals surface area contributed by atoms with E-state index in [0.717, 1.165) is 17.6 Å². The maximum Gasteiger partial charge on any atom is 0.326 e. The number of aromatic amines is 1. The van der Waals surface area contributed by atoms with Crippen molar-refractivity contribution in [2.75, 3.05) is 13.6 Å².